The fourth-order valence-electron chi connectivity index (χ4n) is 1.13. The van der Waals surface area contributed by atoms with Gasteiger partial charge in [0.25, 0.3) is 5.56 Å². The number of nitrogens with one attached hydrogen (secondary N) is 1. The number of hydrogen-bond acceptors (Lipinski definition) is 5. The van der Waals surface area contributed by atoms with Crippen LogP contribution < -0.4 is 10.7 Å². The van der Waals surface area contributed by atoms with Crippen molar-refractivity contribution in [1.29, 1.82) is 0 Å². The van der Waals surface area contributed by atoms with Crippen LogP contribution in [0.5, 0.6) is 0 Å². The van der Waals surface area contributed by atoms with Crippen molar-refractivity contribution in [2.24, 2.45) is 0 Å². The van der Waals surface area contributed by atoms with E-state index in [1.807, 2.05) is 0 Å². The summed E-state index contributed by atoms with van der Waals surface area (Å²) in [6.45, 7) is 1.69. The Morgan fingerprint density at radius 3 is 2.93 bits per heavy atom. The van der Waals surface area contributed by atoms with E-state index in [1.54, 1.807) is 6.92 Å². The molecule has 0 fully saturated rings. The Bertz CT molecular complexity index is 540. The molecular formula is C8H8FN5O. The standard InChI is InChI=1S/C8H8FN5O/c1-2-14(9)8-12-6-5(7(15)13-8)10-3-4-11-6/h3-4H,2H2,1H3,(H,11,12,13,15). The fraction of sp³-hybridized carbons (Fsp3) is 0.250. The molecule has 0 aromatic carbocycles. The molecular weight excluding hydrogens is 201 g/mol. The van der Waals surface area contributed by atoms with Crippen LogP contribution in [-0.2, 0) is 0 Å². The van der Waals surface area contributed by atoms with E-state index in [1.165, 1.54) is 12.4 Å². The number of fused-ring (bicyclic) bond motifs is 1. The van der Waals surface area contributed by atoms with Crippen LogP contribution in [0.15, 0.2) is 17.2 Å². The summed E-state index contributed by atoms with van der Waals surface area (Å²) in [6, 6.07) is 0. The molecule has 0 saturated carbocycles. The minimum absolute atomic E-state index is 0.0920. The normalized spacial score (nSPS) is 10.5. The van der Waals surface area contributed by atoms with E-state index in [-0.39, 0.29) is 23.7 Å². The first-order valence-corrected chi connectivity index (χ1v) is 4.36. The second-order valence-corrected chi connectivity index (χ2v) is 2.80. The lowest BCUT2D eigenvalue weighted by atomic mass is 10.5. The Morgan fingerprint density at radius 1 is 1.47 bits per heavy atom. The van der Waals surface area contributed by atoms with Crippen molar-refractivity contribution in [2.75, 3.05) is 11.7 Å². The average molecular weight is 209 g/mol. The zero-order valence-electron chi connectivity index (χ0n) is 7.94. The molecule has 0 saturated heterocycles. The maximum Gasteiger partial charge on any atom is 0.280 e. The Balaban J connectivity index is 2.67. The second kappa shape index (κ2) is 3.60. The van der Waals surface area contributed by atoms with Gasteiger partial charge in [0.15, 0.2) is 11.2 Å². The van der Waals surface area contributed by atoms with Crippen molar-refractivity contribution in [2.45, 2.75) is 6.92 Å². The average Bonchev–Trinajstić information content (AvgIpc) is 2.28. The van der Waals surface area contributed by atoms with Crippen molar-refractivity contribution in [3.8, 4) is 0 Å². The van der Waals surface area contributed by atoms with Crippen molar-refractivity contribution >= 4 is 17.1 Å². The van der Waals surface area contributed by atoms with E-state index in [0.717, 1.165) is 0 Å². The number of rotatable bonds is 2. The Kier molecular flexibility index (Phi) is 2.28. The first-order valence-electron chi connectivity index (χ1n) is 4.36. The van der Waals surface area contributed by atoms with Gasteiger partial charge >= 0.3 is 0 Å². The van der Waals surface area contributed by atoms with E-state index >= 15 is 0 Å². The van der Waals surface area contributed by atoms with Gasteiger partial charge in [-0.1, -0.05) is 4.48 Å². The highest BCUT2D eigenvalue weighted by Gasteiger charge is 2.09. The minimum Gasteiger partial charge on any atom is -0.289 e. The van der Waals surface area contributed by atoms with E-state index in [4.69, 9.17) is 0 Å². The van der Waals surface area contributed by atoms with Crippen LogP contribution in [-0.4, -0.2) is 26.5 Å². The number of aromatic nitrogens is 4. The molecule has 15 heavy (non-hydrogen) atoms. The third kappa shape index (κ3) is 1.63. The zero-order valence-corrected chi connectivity index (χ0v) is 7.94. The first kappa shape index (κ1) is 9.50. The summed E-state index contributed by atoms with van der Waals surface area (Å²) >= 11 is 0. The third-order valence-corrected chi connectivity index (χ3v) is 1.84. The summed E-state index contributed by atoms with van der Waals surface area (Å²) in [4.78, 5) is 25.2. The number of halogens is 1. The molecule has 0 aliphatic heterocycles. The molecule has 7 heteroatoms. The fourth-order valence-corrected chi connectivity index (χ4v) is 1.13. The third-order valence-electron chi connectivity index (χ3n) is 1.84. The van der Waals surface area contributed by atoms with Crippen molar-refractivity contribution in [1.82, 2.24) is 19.9 Å². The molecule has 1 N–H and O–H groups in total. The van der Waals surface area contributed by atoms with Crippen LogP contribution in [0.25, 0.3) is 11.2 Å². The zero-order chi connectivity index (χ0) is 10.8. The van der Waals surface area contributed by atoms with Crippen LogP contribution in [0.3, 0.4) is 0 Å². The summed E-state index contributed by atoms with van der Waals surface area (Å²) in [5, 5.41) is 0.329. The largest absolute Gasteiger partial charge is 0.289 e. The van der Waals surface area contributed by atoms with E-state index < -0.39 is 5.56 Å². The summed E-state index contributed by atoms with van der Waals surface area (Å²) in [5.41, 5.74) is -0.266. The number of nitrogens with zero attached hydrogens (tertiary/aromatic N) is 4. The van der Waals surface area contributed by atoms with Gasteiger partial charge in [-0.3, -0.25) is 9.78 Å². The first-order chi connectivity index (χ1) is 7.22. The van der Waals surface area contributed by atoms with Crippen LogP contribution in [0.4, 0.5) is 10.4 Å². The lowest BCUT2D eigenvalue weighted by molar-refractivity contribution is 0.433. The molecule has 0 atom stereocenters. The molecule has 0 aliphatic carbocycles. The molecule has 2 aromatic heterocycles. The highest BCUT2D eigenvalue weighted by molar-refractivity contribution is 5.68. The lowest BCUT2D eigenvalue weighted by Crippen LogP contribution is -2.20. The van der Waals surface area contributed by atoms with Crippen LogP contribution >= 0.6 is 0 Å². The highest BCUT2D eigenvalue weighted by Crippen LogP contribution is 2.07. The predicted octanol–water partition coefficient (Wildman–Crippen LogP) is 0.424. The molecule has 2 rings (SSSR count). The number of aromatic amines is 1. The SMILES string of the molecule is CCN(F)c1nc2nccnc2c(=O)[nH]1. The van der Waals surface area contributed by atoms with Gasteiger partial charge in [-0.05, 0) is 6.92 Å². The number of anilines is 1. The van der Waals surface area contributed by atoms with Gasteiger partial charge < -0.3 is 0 Å². The summed E-state index contributed by atoms with van der Waals surface area (Å²) in [5.74, 6) is -0.157. The van der Waals surface area contributed by atoms with Gasteiger partial charge in [0, 0.05) is 12.4 Å². The maximum atomic E-state index is 13.1. The monoisotopic (exact) mass is 209 g/mol. The molecule has 2 aromatic rings. The van der Waals surface area contributed by atoms with E-state index in [9.17, 15) is 9.28 Å². The molecule has 2 heterocycles. The van der Waals surface area contributed by atoms with E-state index in [2.05, 4.69) is 19.9 Å². The topological polar surface area (TPSA) is 74.8 Å². The van der Waals surface area contributed by atoms with Gasteiger partial charge in [0.2, 0.25) is 5.95 Å². The van der Waals surface area contributed by atoms with Gasteiger partial charge in [0.05, 0.1) is 6.54 Å². The van der Waals surface area contributed by atoms with Crippen LogP contribution in [0, 0.1) is 0 Å². The Hall–Kier alpha value is -2.05. The molecule has 0 spiro atoms. The molecule has 0 amide bonds. The Labute approximate surface area is 83.7 Å². The summed E-state index contributed by atoms with van der Waals surface area (Å²) < 4.78 is 13.1. The van der Waals surface area contributed by atoms with Crippen molar-refractivity contribution in [3.05, 3.63) is 22.7 Å². The molecule has 0 aliphatic rings. The van der Waals surface area contributed by atoms with Gasteiger partial charge in [0.1, 0.15) is 0 Å². The maximum absolute atomic E-state index is 13.1. The number of hydrogen-bond donors (Lipinski definition) is 1. The second-order valence-electron chi connectivity index (χ2n) is 2.80. The highest BCUT2D eigenvalue weighted by atomic mass is 19.2. The molecule has 0 radical (unpaired) electrons. The van der Waals surface area contributed by atoms with Gasteiger partial charge in [-0.15, -0.1) is 0 Å². The van der Waals surface area contributed by atoms with Gasteiger partial charge in [-0.25, -0.2) is 9.97 Å². The predicted molar refractivity (Wildman–Crippen MR) is 52.1 cm³/mol. The Morgan fingerprint density at radius 2 is 2.20 bits per heavy atom. The van der Waals surface area contributed by atoms with Crippen LogP contribution in [0.1, 0.15) is 6.92 Å². The summed E-state index contributed by atoms with van der Waals surface area (Å²) in [7, 11) is 0. The molecule has 6 nitrogen and oxygen atoms in total. The van der Waals surface area contributed by atoms with Gasteiger partial charge in [-0.2, -0.15) is 10.1 Å². The van der Waals surface area contributed by atoms with E-state index in [0.29, 0.717) is 5.12 Å². The molecule has 78 valence electrons. The quantitative estimate of drug-likeness (QED) is 0.725. The number of H-pyrrole nitrogens is 1. The lowest BCUT2D eigenvalue weighted by Gasteiger charge is -2.08. The molecule has 0 bridgehead atoms. The minimum atomic E-state index is -0.501. The molecule has 0 unspecified atom stereocenters. The van der Waals surface area contributed by atoms with Crippen molar-refractivity contribution < 1.29 is 4.48 Å². The smallest absolute Gasteiger partial charge is 0.280 e. The summed E-state index contributed by atoms with van der Waals surface area (Å²) in [6.07, 6.45) is 2.78. The van der Waals surface area contributed by atoms with Crippen molar-refractivity contribution in [3.63, 3.8) is 0 Å². The van der Waals surface area contributed by atoms with Crippen LogP contribution in [0.2, 0.25) is 0 Å².